The quantitative estimate of drug-likeness (QED) is 0.606. The van der Waals surface area contributed by atoms with Crippen LogP contribution < -0.4 is 10.1 Å². The molecule has 1 heterocycles. The van der Waals surface area contributed by atoms with Crippen LogP contribution in [-0.4, -0.2) is 43.8 Å². The molecule has 1 saturated heterocycles. The average molecular weight is 411 g/mol. The zero-order valence-electron chi connectivity index (χ0n) is 17.3. The zero-order valence-corrected chi connectivity index (χ0v) is 17.3. The van der Waals surface area contributed by atoms with E-state index in [2.05, 4.69) is 17.4 Å². The van der Waals surface area contributed by atoms with Gasteiger partial charge in [-0.25, -0.2) is 4.79 Å². The van der Waals surface area contributed by atoms with E-state index in [0.29, 0.717) is 17.9 Å². The summed E-state index contributed by atoms with van der Waals surface area (Å²) >= 11 is 0. The fourth-order valence-electron chi connectivity index (χ4n) is 3.28. The minimum atomic E-state index is -0.534. The molecule has 0 spiro atoms. The van der Waals surface area contributed by atoms with E-state index in [9.17, 15) is 9.59 Å². The molecule has 3 rings (SSSR count). The normalized spacial score (nSPS) is 16.6. The maximum atomic E-state index is 12.2. The smallest absolute Gasteiger partial charge is 0.338 e. The molecule has 30 heavy (non-hydrogen) atoms. The maximum Gasteiger partial charge on any atom is 0.338 e. The van der Waals surface area contributed by atoms with Gasteiger partial charge >= 0.3 is 5.97 Å². The lowest BCUT2D eigenvalue weighted by Crippen LogP contribution is -2.36. The third-order valence-corrected chi connectivity index (χ3v) is 5.00. The van der Waals surface area contributed by atoms with Crippen molar-refractivity contribution in [1.29, 1.82) is 0 Å². The Bertz CT molecular complexity index is 800. The van der Waals surface area contributed by atoms with Crippen molar-refractivity contribution in [3.05, 3.63) is 65.7 Å². The second kappa shape index (κ2) is 11.4. The molecule has 1 fully saturated rings. The van der Waals surface area contributed by atoms with E-state index in [-0.39, 0.29) is 24.7 Å². The van der Waals surface area contributed by atoms with Crippen molar-refractivity contribution in [3.8, 4) is 5.75 Å². The van der Waals surface area contributed by atoms with Crippen molar-refractivity contribution in [3.63, 3.8) is 0 Å². The fourth-order valence-corrected chi connectivity index (χ4v) is 3.28. The SMILES string of the molecule is C[C@@H](CCc1ccccc1)NC(=O)COC(=O)c1ccc(OC[C@H]2CCCO2)cc1. The largest absolute Gasteiger partial charge is 0.491 e. The van der Waals surface area contributed by atoms with Crippen LogP contribution in [0, 0.1) is 0 Å². The van der Waals surface area contributed by atoms with Crippen LogP contribution in [-0.2, 0) is 20.7 Å². The van der Waals surface area contributed by atoms with Gasteiger partial charge in [0.05, 0.1) is 11.7 Å². The molecule has 0 saturated carbocycles. The highest BCUT2D eigenvalue weighted by Gasteiger charge is 2.16. The van der Waals surface area contributed by atoms with Crippen LogP contribution in [0.15, 0.2) is 54.6 Å². The number of nitrogens with one attached hydrogen (secondary N) is 1. The monoisotopic (exact) mass is 411 g/mol. The highest BCUT2D eigenvalue weighted by atomic mass is 16.5. The molecule has 2 aromatic carbocycles. The first-order valence-corrected chi connectivity index (χ1v) is 10.4. The molecule has 1 aliphatic rings. The molecule has 1 N–H and O–H groups in total. The van der Waals surface area contributed by atoms with Gasteiger partial charge in [-0.15, -0.1) is 0 Å². The standard InChI is InChI=1S/C24H29NO5/c1-18(9-10-19-6-3-2-4-7-19)25-23(26)17-30-24(27)20-11-13-21(14-12-20)29-16-22-8-5-15-28-22/h2-4,6-7,11-14,18,22H,5,8-10,15-17H2,1H3,(H,25,26)/t18-,22+/m0/s1. The number of carbonyl (C=O) groups excluding carboxylic acids is 2. The van der Waals surface area contributed by atoms with Gasteiger partial charge in [0, 0.05) is 12.6 Å². The van der Waals surface area contributed by atoms with E-state index < -0.39 is 5.97 Å². The molecule has 6 heteroatoms. The van der Waals surface area contributed by atoms with E-state index >= 15 is 0 Å². The minimum Gasteiger partial charge on any atom is -0.491 e. The van der Waals surface area contributed by atoms with Crippen LogP contribution in [0.4, 0.5) is 0 Å². The van der Waals surface area contributed by atoms with Gasteiger partial charge in [0.15, 0.2) is 6.61 Å². The first-order chi connectivity index (χ1) is 14.6. The molecule has 0 unspecified atom stereocenters. The van der Waals surface area contributed by atoms with Crippen molar-refractivity contribution in [2.75, 3.05) is 19.8 Å². The van der Waals surface area contributed by atoms with Crippen LogP contribution in [0.3, 0.4) is 0 Å². The lowest BCUT2D eigenvalue weighted by atomic mass is 10.1. The zero-order chi connectivity index (χ0) is 21.2. The summed E-state index contributed by atoms with van der Waals surface area (Å²) < 4.78 is 16.3. The number of hydrogen-bond acceptors (Lipinski definition) is 5. The van der Waals surface area contributed by atoms with Crippen LogP contribution in [0.1, 0.15) is 42.1 Å². The summed E-state index contributed by atoms with van der Waals surface area (Å²) in [5, 5.41) is 2.86. The summed E-state index contributed by atoms with van der Waals surface area (Å²) in [6, 6.07) is 16.8. The number of esters is 1. The Balaban J connectivity index is 1.35. The maximum absolute atomic E-state index is 12.2. The van der Waals surface area contributed by atoms with E-state index in [4.69, 9.17) is 14.2 Å². The Labute approximate surface area is 177 Å². The topological polar surface area (TPSA) is 73.9 Å². The van der Waals surface area contributed by atoms with Crippen molar-refractivity contribution >= 4 is 11.9 Å². The molecule has 6 nitrogen and oxygen atoms in total. The highest BCUT2D eigenvalue weighted by molar-refractivity contribution is 5.91. The molecule has 0 radical (unpaired) electrons. The van der Waals surface area contributed by atoms with Gasteiger partial charge in [-0.1, -0.05) is 30.3 Å². The van der Waals surface area contributed by atoms with Crippen molar-refractivity contribution in [2.24, 2.45) is 0 Å². The van der Waals surface area contributed by atoms with Gasteiger partial charge < -0.3 is 19.5 Å². The molecule has 0 aromatic heterocycles. The Morgan fingerprint density at radius 2 is 1.90 bits per heavy atom. The Morgan fingerprint density at radius 1 is 1.13 bits per heavy atom. The van der Waals surface area contributed by atoms with Gasteiger partial charge in [-0.3, -0.25) is 4.79 Å². The van der Waals surface area contributed by atoms with Gasteiger partial charge in [0.1, 0.15) is 12.4 Å². The fraction of sp³-hybridized carbons (Fsp3) is 0.417. The number of hydrogen-bond donors (Lipinski definition) is 1. The Kier molecular flexibility index (Phi) is 8.27. The van der Waals surface area contributed by atoms with Crippen LogP contribution in [0.25, 0.3) is 0 Å². The molecule has 2 aromatic rings. The number of carbonyl (C=O) groups is 2. The van der Waals surface area contributed by atoms with Crippen molar-refractivity contribution in [1.82, 2.24) is 5.32 Å². The second-order valence-electron chi connectivity index (χ2n) is 7.54. The van der Waals surface area contributed by atoms with E-state index in [1.807, 2.05) is 25.1 Å². The highest BCUT2D eigenvalue weighted by Crippen LogP contribution is 2.17. The number of ether oxygens (including phenoxy) is 3. The number of amides is 1. The van der Waals surface area contributed by atoms with Gasteiger partial charge in [0.2, 0.25) is 0 Å². The molecule has 0 bridgehead atoms. The van der Waals surface area contributed by atoms with Gasteiger partial charge in [-0.2, -0.15) is 0 Å². The summed E-state index contributed by atoms with van der Waals surface area (Å²) in [5.41, 5.74) is 1.61. The predicted molar refractivity (Wildman–Crippen MR) is 114 cm³/mol. The summed E-state index contributed by atoms with van der Waals surface area (Å²) in [5.74, 6) is -0.166. The van der Waals surface area contributed by atoms with Crippen LogP contribution in [0.2, 0.25) is 0 Å². The lowest BCUT2D eigenvalue weighted by Gasteiger charge is -2.14. The van der Waals surface area contributed by atoms with Gasteiger partial charge in [-0.05, 0) is 62.4 Å². The van der Waals surface area contributed by atoms with Crippen LogP contribution in [0.5, 0.6) is 5.75 Å². The summed E-state index contributed by atoms with van der Waals surface area (Å²) in [6.45, 7) is 2.94. The third kappa shape index (κ3) is 7.19. The molecule has 1 aliphatic heterocycles. The Hall–Kier alpha value is -2.86. The van der Waals surface area contributed by atoms with E-state index in [1.165, 1.54) is 5.56 Å². The molecule has 0 aliphatic carbocycles. The van der Waals surface area contributed by atoms with Crippen molar-refractivity contribution in [2.45, 2.75) is 44.8 Å². The summed E-state index contributed by atoms with van der Waals surface area (Å²) in [4.78, 5) is 24.2. The Morgan fingerprint density at radius 3 is 2.60 bits per heavy atom. The first-order valence-electron chi connectivity index (χ1n) is 10.4. The van der Waals surface area contributed by atoms with Gasteiger partial charge in [0.25, 0.3) is 5.91 Å². The lowest BCUT2D eigenvalue weighted by molar-refractivity contribution is -0.124. The molecular formula is C24H29NO5. The summed E-state index contributed by atoms with van der Waals surface area (Å²) in [7, 11) is 0. The molecule has 1 amide bonds. The third-order valence-electron chi connectivity index (χ3n) is 5.00. The van der Waals surface area contributed by atoms with E-state index in [0.717, 1.165) is 32.3 Å². The molecular weight excluding hydrogens is 382 g/mol. The number of aryl methyl sites for hydroxylation is 1. The number of benzene rings is 2. The average Bonchev–Trinajstić information content (AvgIpc) is 3.29. The van der Waals surface area contributed by atoms with E-state index in [1.54, 1.807) is 24.3 Å². The predicted octanol–water partition coefficient (Wildman–Crippen LogP) is 3.54. The summed E-state index contributed by atoms with van der Waals surface area (Å²) in [6.07, 6.45) is 3.92. The first kappa shape index (κ1) is 21.8. The molecule has 160 valence electrons. The number of rotatable bonds is 10. The van der Waals surface area contributed by atoms with Crippen LogP contribution >= 0.6 is 0 Å². The minimum absolute atomic E-state index is 0.00307. The van der Waals surface area contributed by atoms with Crippen molar-refractivity contribution < 1.29 is 23.8 Å². The molecule has 2 atom stereocenters. The second-order valence-corrected chi connectivity index (χ2v) is 7.54.